The zero-order valence-electron chi connectivity index (χ0n) is 9.64. The fraction of sp³-hybridized carbons (Fsp3) is 0.700. The van der Waals surface area contributed by atoms with E-state index >= 15 is 0 Å². The van der Waals surface area contributed by atoms with Gasteiger partial charge in [-0.05, 0) is 13.0 Å². The normalized spacial score (nSPS) is 21.5. The van der Waals surface area contributed by atoms with Gasteiger partial charge in [-0.25, -0.2) is 4.68 Å². The van der Waals surface area contributed by atoms with Crippen molar-refractivity contribution in [3.05, 3.63) is 18.0 Å². The van der Waals surface area contributed by atoms with Gasteiger partial charge in [0, 0.05) is 38.4 Å². The van der Waals surface area contributed by atoms with E-state index in [-0.39, 0.29) is 12.4 Å². The highest BCUT2D eigenvalue weighted by Gasteiger charge is 2.17. The summed E-state index contributed by atoms with van der Waals surface area (Å²) in [5.74, 6) is 0. The molecule has 1 saturated heterocycles. The van der Waals surface area contributed by atoms with Crippen molar-refractivity contribution in [1.29, 1.82) is 0 Å². The van der Waals surface area contributed by atoms with E-state index < -0.39 is 6.55 Å². The summed E-state index contributed by atoms with van der Waals surface area (Å²) in [5, 5.41) is 7.17. The summed E-state index contributed by atoms with van der Waals surface area (Å²) >= 11 is 0. The number of rotatable bonds is 3. The first kappa shape index (κ1) is 14.3. The van der Waals surface area contributed by atoms with E-state index in [9.17, 15) is 8.78 Å². The van der Waals surface area contributed by atoms with Crippen molar-refractivity contribution in [3.63, 3.8) is 0 Å². The fourth-order valence-corrected chi connectivity index (χ4v) is 1.96. The highest BCUT2D eigenvalue weighted by molar-refractivity contribution is 5.85. The van der Waals surface area contributed by atoms with Crippen LogP contribution in [0, 0.1) is 0 Å². The Bertz CT molecular complexity index is 345. The van der Waals surface area contributed by atoms with Gasteiger partial charge >= 0.3 is 6.55 Å². The number of aromatic nitrogens is 2. The highest BCUT2D eigenvalue weighted by atomic mass is 35.5. The van der Waals surface area contributed by atoms with Gasteiger partial charge in [-0.3, -0.25) is 4.90 Å². The van der Waals surface area contributed by atoms with Gasteiger partial charge in [0.1, 0.15) is 0 Å². The number of alkyl halides is 2. The van der Waals surface area contributed by atoms with Gasteiger partial charge in [0.2, 0.25) is 0 Å². The van der Waals surface area contributed by atoms with Crippen LogP contribution in [0.2, 0.25) is 0 Å². The lowest BCUT2D eigenvalue weighted by Gasteiger charge is -2.31. The van der Waals surface area contributed by atoms with E-state index in [4.69, 9.17) is 0 Å². The van der Waals surface area contributed by atoms with E-state index in [1.165, 1.54) is 6.20 Å². The van der Waals surface area contributed by atoms with Crippen molar-refractivity contribution in [2.45, 2.75) is 26.1 Å². The number of piperazine rings is 1. The summed E-state index contributed by atoms with van der Waals surface area (Å²) in [6.45, 7) is 3.02. The molecule has 1 fully saturated rings. The smallest absolute Gasteiger partial charge is 0.312 e. The predicted octanol–water partition coefficient (Wildman–Crippen LogP) is 1.49. The average molecular weight is 267 g/mol. The van der Waals surface area contributed by atoms with Gasteiger partial charge in [0.25, 0.3) is 0 Å². The SMILES string of the molecule is CC1CN(Cc2ccn(C(F)F)n2)CCN1.Cl. The summed E-state index contributed by atoms with van der Waals surface area (Å²) in [5.41, 5.74) is 0.703. The molecule has 98 valence electrons. The molecule has 1 aromatic heterocycles. The Morgan fingerprint density at radius 2 is 2.35 bits per heavy atom. The average Bonchev–Trinajstić information content (AvgIpc) is 2.66. The first-order chi connectivity index (χ1) is 7.65. The quantitative estimate of drug-likeness (QED) is 0.900. The van der Waals surface area contributed by atoms with Gasteiger partial charge in [0.05, 0.1) is 5.69 Å². The van der Waals surface area contributed by atoms with Crippen LogP contribution in [0.15, 0.2) is 12.3 Å². The second kappa shape index (κ2) is 6.28. The standard InChI is InChI=1S/C10H16F2N4.ClH/c1-8-6-15(5-3-13-8)7-9-2-4-16(14-9)10(11)12;/h2,4,8,10,13H,3,5-7H2,1H3;1H. The minimum absolute atomic E-state index is 0. The lowest BCUT2D eigenvalue weighted by Crippen LogP contribution is -2.48. The third kappa shape index (κ3) is 3.90. The van der Waals surface area contributed by atoms with Crippen molar-refractivity contribution in [2.75, 3.05) is 19.6 Å². The van der Waals surface area contributed by atoms with Crippen LogP contribution in [-0.4, -0.2) is 40.4 Å². The molecule has 7 heteroatoms. The van der Waals surface area contributed by atoms with Crippen molar-refractivity contribution in [1.82, 2.24) is 20.0 Å². The molecular weight excluding hydrogens is 250 g/mol. The zero-order chi connectivity index (χ0) is 11.5. The minimum Gasteiger partial charge on any atom is -0.312 e. The van der Waals surface area contributed by atoms with E-state index in [2.05, 4.69) is 22.2 Å². The van der Waals surface area contributed by atoms with Crippen LogP contribution in [0.5, 0.6) is 0 Å². The second-order valence-corrected chi connectivity index (χ2v) is 4.16. The maximum Gasteiger partial charge on any atom is 0.333 e. The molecule has 1 aromatic rings. The first-order valence-corrected chi connectivity index (χ1v) is 5.43. The van der Waals surface area contributed by atoms with Crippen LogP contribution in [-0.2, 0) is 6.54 Å². The molecule has 0 bridgehead atoms. The molecule has 0 saturated carbocycles. The minimum atomic E-state index is -2.55. The zero-order valence-corrected chi connectivity index (χ0v) is 10.5. The maximum atomic E-state index is 12.3. The van der Waals surface area contributed by atoms with Gasteiger partial charge in [0.15, 0.2) is 0 Å². The molecule has 1 atom stereocenters. The van der Waals surface area contributed by atoms with E-state index in [1.54, 1.807) is 6.07 Å². The molecule has 1 aliphatic rings. The molecule has 2 heterocycles. The second-order valence-electron chi connectivity index (χ2n) is 4.16. The van der Waals surface area contributed by atoms with Crippen LogP contribution in [0.25, 0.3) is 0 Å². The number of nitrogens with zero attached hydrogens (tertiary/aromatic N) is 3. The number of hydrogen-bond acceptors (Lipinski definition) is 3. The summed E-state index contributed by atoms with van der Waals surface area (Å²) in [4.78, 5) is 2.22. The largest absolute Gasteiger partial charge is 0.333 e. The Labute approximate surface area is 105 Å². The Balaban J connectivity index is 0.00000144. The number of hydrogen-bond donors (Lipinski definition) is 1. The molecule has 17 heavy (non-hydrogen) atoms. The highest BCUT2D eigenvalue weighted by Crippen LogP contribution is 2.11. The molecule has 1 unspecified atom stereocenters. The molecule has 0 aliphatic carbocycles. The molecule has 0 amide bonds. The van der Waals surface area contributed by atoms with Gasteiger partial charge in [-0.1, -0.05) is 0 Å². The molecule has 0 spiro atoms. The summed E-state index contributed by atoms with van der Waals surface area (Å²) in [6, 6.07) is 2.10. The predicted molar refractivity (Wildman–Crippen MR) is 63.5 cm³/mol. The molecule has 1 N–H and O–H groups in total. The monoisotopic (exact) mass is 266 g/mol. The first-order valence-electron chi connectivity index (χ1n) is 5.43. The molecule has 2 rings (SSSR count). The Kier molecular flexibility index (Phi) is 5.30. The Morgan fingerprint density at radius 3 is 2.94 bits per heavy atom. The van der Waals surface area contributed by atoms with E-state index in [0.29, 0.717) is 23.0 Å². The third-order valence-electron chi connectivity index (χ3n) is 2.70. The molecule has 0 aromatic carbocycles. The lowest BCUT2D eigenvalue weighted by atomic mass is 10.2. The van der Waals surface area contributed by atoms with Crippen molar-refractivity contribution in [3.8, 4) is 0 Å². The van der Waals surface area contributed by atoms with Gasteiger partial charge in [-0.15, -0.1) is 12.4 Å². The molecular formula is C10H17ClF2N4. The molecule has 0 radical (unpaired) electrons. The summed E-state index contributed by atoms with van der Waals surface area (Å²) < 4.78 is 25.3. The van der Waals surface area contributed by atoms with Crippen LogP contribution >= 0.6 is 12.4 Å². The van der Waals surface area contributed by atoms with Crippen LogP contribution < -0.4 is 5.32 Å². The van der Waals surface area contributed by atoms with Crippen molar-refractivity contribution < 1.29 is 8.78 Å². The van der Waals surface area contributed by atoms with Crippen molar-refractivity contribution in [2.24, 2.45) is 0 Å². The fourth-order valence-electron chi connectivity index (χ4n) is 1.96. The summed E-state index contributed by atoms with van der Waals surface area (Å²) in [6.07, 6.45) is 1.33. The van der Waals surface area contributed by atoms with E-state index in [0.717, 1.165) is 19.6 Å². The van der Waals surface area contributed by atoms with Crippen molar-refractivity contribution >= 4 is 12.4 Å². The Morgan fingerprint density at radius 1 is 1.59 bits per heavy atom. The van der Waals surface area contributed by atoms with Crippen LogP contribution in [0.3, 0.4) is 0 Å². The Hall–Kier alpha value is -0.720. The molecule has 1 aliphatic heterocycles. The molecule has 4 nitrogen and oxygen atoms in total. The number of halogens is 3. The number of nitrogens with one attached hydrogen (secondary N) is 1. The maximum absolute atomic E-state index is 12.3. The third-order valence-corrected chi connectivity index (χ3v) is 2.70. The van der Waals surface area contributed by atoms with Gasteiger partial charge < -0.3 is 5.32 Å². The van der Waals surface area contributed by atoms with E-state index in [1.807, 2.05) is 0 Å². The lowest BCUT2D eigenvalue weighted by molar-refractivity contribution is 0.0556. The van der Waals surface area contributed by atoms with Crippen LogP contribution in [0.1, 0.15) is 19.2 Å². The summed E-state index contributed by atoms with van der Waals surface area (Å²) in [7, 11) is 0. The van der Waals surface area contributed by atoms with Gasteiger partial charge in [-0.2, -0.15) is 13.9 Å². The van der Waals surface area contributed by atoms with Crippen LogP contribution in [0.4, 0.5) is 8.78 Å². The topological polar surface area (TPSA) is 33.1 Å².